The zero-order valence-electron chi connectivity index (χ0n) is 6.40. The minimum Gasteiger partial charge on any atom is -0.392 e. The van der Waals surface area contributed by atoms with Crippen molar-refractivity contribution in [2.75, 3.05) is 19.8 Å². The summed E-state index contributed by atoms with van der Waals surface area (Å²) in [6.07, 6.45) is 0.495. The van der Waals surface area contributed by atoms with Gasteiger partial charge in [-0.05, 0) is 6.92 Å². The highest BCUT2D eigenvalue weighted by atomic mass is 32.2. The van der Waals surface area contributed by atoms with E-state index in [4.69, 9.17) is 5.11 Å². The maximum absolute atomic E-state index is 10.7. The van der Waals surface area contributed by atoms with Gasteiger partial charge in [0.25, 0.3) is 0 Å². The van der Waals surface area contributed by atoms with Crippen molar-refractivity contribution in [3.63, 3.8) is 0 Å². The van der Waals surface area contributed by atoms with Crippen molar-refractivity contribution in [3.05, 3.63) is 0 Å². The highest BCUT2D eigenvalue weighted by Gasteiger charge is 2.11. The van der Waals surface area contributed by atoms with Gasteiger partial charge in [0.2, 0.25) is 10.0 Å². The Hall–Kier alpha value is -0.130. The third-order valence-electron chi connectivity index (χ3n) is 1.09. The highest BCUT2D eigenvalue weighted by Crippen LogP contribution is 1.94. The summed E-state index contributed by atoms with van der Waals surface area (Å²) in [6, 6.07) is 0. The van der Waals surface area contributed by atoms with Crippen LogP contribution in [0.3, 0.4) is 0 Å². The summed E-state index contributed by atoms with van der Waals surface area (Å²) in [5.74, 6) is 0. The van der Waals surface area contributed by atoms with Gasteiger partial charge in [-0.3, -0.25) is 0 Å². The van der Waals surface area contributed by atoms with Gasteiger partial charge in [-0.25, -0.2) is 12.7 Å². The average molecular weight is 167 g/mol. The Morgan fingerprint density at radius 2 is 2.00 bits per heavy atom. The minimum absolute atomic E-state index is 0.152. The first-order chi connectivity index (χ1) is 4.34. The molecule has 0 aromatic rings. The van der Waals surface area contributed by atoms with Gasteiger partial charge in [-0.1, -0.05) is 0 Å². The second kappa shape index (κ2) is 3.32. The van der Waals surface area contributed by atoms with Gasteiger partial charge in [0.1, 0.15) is 0 Å². The van der Waals surface area contributed by atoms with Crippen LogP contribution in [0.1, 0.15) is 6.92 Å². The molecule has 1 unspecified atom stereocenters. The van der Waals surface area contributed by atoms with Gasteiger partial charge < -0.3 is 5.11 Å². The number of aliphatic hydroxyl groups excluding tert-OH is 1. The Bertz CT molecular complexity index is 185. The summed E-state index contributed by atoms with van der Waals surface area (Å²) >= 11 is 0. The number of sulfonamides is 1. The van der Waals surface area contributed by atoms with Crippen molar-refractivity contribution in [2.24, 2.45) is 0 Å². The molecular formula is C5H13NO3S. The topological polar surface area (TPSA) is 57.6 Å². The van der Waals surface area contributed by atoms with E-state index in [2.05, 4.69) is 0 Å². The van der Waals surface area contributed by atoms with Crippen LogP contribution >= 0.6 is 0 Å². The Balaban J connectivity index is 3.99. The van der Waals surface area contributed by atoms with Crippen LogP contribution in [0.4, 0.5) is 0 Å². The zero-order chi connectivity index (χ0) is 8.36. The van der Waals surface area contributed by atoms with Crippen LogP contribution in [0.5, 0.6) is 0 Å². The molecular weight excluding hydrogens is 154 g/mol. The van der Waals surface area contributed by atoms with Gasteiger partial charge >= 0.3 is 0 Å². The molecule has 0 spiro atoms. The molecule has 4 nitrogen and oxygen atoms in total. The monoisotopic (exact) mass is 167 g/mol. The fourth-order valence-corrected chi connectivity index (χ4v) is 0.994. The summed E-state index contributed by atoms with van der Waals surface area (Å²) in [4.78, 5) is 0. The van der Waals surface area contributed by atoms with Crippen molar-refractivity contribution < 1.29 is 13.5 Å². The molecule has 0 rings (SSSR count). The molecule has 0 aliphatic rings. The average Bonchev–Trinajstić information content (AvgIpc) is 1.60. The number of likely N-dealkylation sites (N-methyl/N-ethyl adjacent to an activating group) is 1. The quantitative estimate of drug-likeness (QED) is 0.602. The van der Waals surface area contributed by atoms with E-state index in [-0.39, 0.29) is 6.54 Å². The normalized spacial score (nSPS) is 15.7. The summed E-state index contributed by atoms with van der Waals surface area (Å²) in [7, 11) is -1.69. The van der Waals surface area contributed by atoms with E-state index < -0.39 is 16.1 Å². The lowest BCUT2D eigenvalue weighted by Crippen LogP contribution is -2.32. The van der Waals surface area contributed by atoms with E-state index in [0.717, 1.165) is 10.6 Å². The molecule has 0 aromatic heterocycles. The first-order valence-corrected chi connectivity index (χ1v) is 4.78. The Labute approximate surface area is 61.5 Å². The fourth-order valence-electron chi connectivity index (χ4n) is 0.507. The van der Waals surface area contributed by atoms with Gasteiger partial charge in [0, 0.05) is 13.6 Å². The molecule has 0 amide bonds. The SMILES string of the molecule is CC(O)CN(C)S(C)(=O)=O. The summed E-state index contributed by atoms with van der Waals surface area (Å²) < 4.78 is 22.5. The van der Waals surface area contributed by atoms with Crippen molar-refractivity contribution in [1.82, 2.24) is 4.31 Å². The van der Waals surface area contributed by atoms with E-state index in [0.29, 0.717) is 0 Å². The van der Waals surface area contributed by atoms with Crippen LogP contribution < -0.4 is 0 Å². The third-order valence-corrected chi connectivity index (χ3v) is 2.37. The molecule has 1 atom stereocenters. The maximum atomic E-state index is 10.7. The number of nitrogens with zero attached hydrogens (tertiary/aromatic N) is 1. The van der Waals surface area contributed by atoms with E-state index in [1.54, 1.807) is 6.92 Å². The van der Waals surface area contributed by atoms with Crippen molar-refractivity contribution in [1.29, 1.82) is 0 Å². The van der Waals surface area contributed by atoms with Gasteiger partial charge in [0.05, 0.1) is 12.4 Å². The van der Waals surface area contributed by atoms with Crippen LogP contribution in [-0.2, 0) is 10.0 Å². The minimum atomic E-state index is -3.12. The second-order valence-electron chi connectivity index (χ2n) is 2.39. The van der Waals surface area contributed by atoms with Crippen LogP contribution in [0.25, 0.3) is 0 Å². The molecule has 0 aliphatic carbocycles. The molecule has 1 N–H and O–H groups in total. The lowest BCUT2D eigenvalue weighted by atomic mass is 10.4. The first-order valence-electron chi connectivity index (χ1n) is 2.93. The predicted octanol–water partition coefficient (Wildman–Crippen LogP) is -0.741. The molecule has 10 heavy (non-hydrogen) atoms. The van der Waals surface area contributed by atoms with Crippen LogP contribution in [-0.4, -0.2) is 43.8 Å². The Kier molecular flexibility index (Phi) is 3.27. The Morgan fingerprint density at radius 1 is 1.60 bits per heavy atom. The highest BCUT2D eigenvalue weighted by molar-refractivity contribution is 7.88. The third kappa shape index (κ3) is 3.81. The fraction of sp³-hybridized carbons (Fsp3) is 1.00. The molecule has 0 fully saturated rings. The predicted molar refractivity (Wildman–Crippen MR) is 39.2 cm³/mol. The number of hydrogen-bond donors (Lipinski definition) is 1. The first kappa shape index (κ1) is 9.87. The van der Waals surface area contributed by atoms with Crippen molar-refractivity contribution >= 4 is 10.0 Å². The van der Waals surface area contributed by atoms with Gasteiger partial charge in [0.15, 0.2) is 0 Å². The molecule has 0 aliphatic heterocycles. The number of hydrogen-bond acceptors (Lipinski definition) is 3. The molecule has 0 radical (unpaired) electrons. The van der Waals surface area contributed by atoms with Gasteiger partial charge in [-0.2, -0.15) is 0 Å². The molecule has 0 saturated heterocycles. The maximum Gasteiger partial charge on any atom is 0.211 e. The molecule has 0 saturated carbocycles. The van der Waals surface area contributed by atoms with Crippen LogP contribution in [0.15, 0.2) is 0 Å². The Morgan fingerprint density at radius 3 is 2.10 bits per heavy atom. The van der Waals surface area contributed by atoms with Gasteiger partial charge in [-0.15, -0.1) is 0 Å². The molecule has 0 heterocycles. The standard InChI is InChI=1S/C5H13NO3S/c1-5(7)4-6(2)10(3,8)9/h5,7H,4H2,1-3H3. The van der Waals surface area contributed by atoms with Crippen molar-refractivity contribution in [3.8, 4) is 0 Å². The van der Waals surface area contributed by atoms with Crippen LogP contribution in [0, 0.1) is 0 Å². The molecule has 0 bridgehead atoms. The van der Waals surface area contributed by atoms with E-state index in [1.165, 1.54) is 7.05 Å². The molecule has 5 heteroatoms. The molecule has 62 valence electrons. The summed E-state index contributed by atoms with van der Waals surface area (Å²) in [5, 5.41) is 8.78. The summed E-state index contributed by atoms with van der Waals surface area (Å²) in [6.45, 7) is 1.69. The lowest BCUT2D eigenvalue weighted by molar-refractivity contribution is 0.171. The van der Waals surface area contributed by atoms with E-state index in [9.17, 15) is 8.42 Å². The molecule has 0 aromatic carbocycles. The zero-order valence-corrected chi connectivity index (χ0v) is 7.22. The van der Waals surface area contributed by atoms with E-state index >= 15 is 0 Å². The number of rotatable bonds is 3. The second-order valence-corrected chi connectivity index (χ2v) is 4.48. The van der Waals surface area contributed by atoms with E-state index in [1.807, 2.05) is 0 Å². The number of aliphatic hydroxyl groups is 1. The van der Waals surface area contributed by atoms with Crippen LogP contribution in [0.2, 0.25) is 0 Å². The smallest absolute Gasteiger partial charge is 0.211 e. The summed E-state index contributed by atoms with van der Waals surface area (Å²) in [5.41, 5.74) is 0. The van der Waals surface area contributed by atoms with Crippen molar-refractivity contribution in [2.45, 2.75) is 13.0 Å². The lowest BCUT2D eigenvalue weighted by Gasteiger charge is -2.14. The largest absolute Gasteiger partial charge is 0.392 e.